The van der Waals surface area contributed by atoms with Gasteiger partial charge in [-0.25, -0.2) is 4.79 Å². The Labute approximate surface area is 177 Å². The summed E-state index contributed by atoms with van der Waals surface area (Å²) in [5, 5.41) is 3.02. The number of ether oxygens (including phenoxy) is 2. The number of benzene rings is 2. The molecule has 0 radical (unpaired) electrons. The zero-order chi connectivity index (χ0) is 21.3. The molecule has 30 heavy (non-hydrogen) atoms. The lowest BCUT2D eigenvalue weighted by Crippen LogP contribution is -2.39. The number of hydrogen-bond acceptors (Lipinski definition) is 4. The van der Waals surface area contributed by atoms with Crippen molar-refractivity contribution in [2.75, 3.05) is 6.61 Å². The highest BCUT2D eigenvalue weighted by molar-refractivity contribution is 5.90. The highest BCUT2D eigenvalue weighted by Crippen LogP contribution is 2.29. The van der Waals surface area contributed by atoms with E-state index in [1.54, 1.807) is 19.1 Å². The largest absolute Gasteiger partial charge is 0.490 e. The summed E-state index contributed by atoms with van der Waals surface area (Å²) in [6, 6.07) is 15.4. The van der Waals surface area contributed by atoms with E-state index in [2.05, 4.69) is 18.0 Å². The molecule has 1 aliphatic rings. The lowest BCUT2D eigenvalue weighted by Gasteiger charge is -2.27. The van der Waals surface area contributed by atoms with E-state index in [0.29, 0.717) is 6.61 Å². The monoisotopic (exact) mass is 405 g/mol. The molecule has 156 valence electrons. The van der Waals surface area contributed by atoms with E-state index >= 15 is 0 Å². The van der Waals surface area contributed by atoms with Crippen molar-refractivity contribution in [1.29, 1.82) is 0 Å². The second-order valence-corrected chi connectivity index (χ2v) is 7.23. The van der Waals surface area contributed by atoms with Crippen molar-refractivity contribution in [3.8, 4) is 5.75 Å². The molecule has 1 amide bonds. The summed E-state index contributed by atoms with van der Waals surface area (Å²) >= 11 is 0. The van der Waals surface area contributed by atoms with Gasteiger partial charge in [0.1, 0.15) is 12.4 Å². The number of esters is 1. The summed E-state index contributed by atoms with van der Waals surface area (Å²) in [6.45, 7) is 5.63. The van der Waals surface area contributed by atoms with Crippen LogP contribution in [0.1, 0.15) is 42.5 Å². The summed E-state index contributed by atoms with van der Waals surface area (Å²) in [4.78, 5) is 24.6. The first-order valence-corrected chi connectivity index (χ1v) is 10.2. The average molecular weight is 405 g/mol. The molecule has 0 aromatic heterocycles. The molecule has 0 spiro atoms. The first kappa shape index (κ1) is 21.4. The minimum atomic E-state index is -0.870. The van der Waals surface area contributed by atoms with Crippen LogP contribution in [0.3, 0.4) is 0 Å². The molecule has 0 aliphatic heterocycles. The molecule has 3 rings (SSSR count). The third kappa shape index (κ3) is 5.83. The highest BCUT2D eigenvalue weighted by atomic mass is 16.5. The second kappa shape index (κ2) is 10.4. The minimum absolute atomic E-state index is 0.0408. The van der Waals surface area contributed by atoms with Gasteiger partial charge in [-0.15, -0.1) is 0 Å². The Balaban J connectivity index is 1.51. The maximum Gasteiger partial charge on any atom is 0.331 e. The Morgan fingerprint density at radius 1 is 1.20 bits per heavy atom. The van der Waals surface area contributed by atoms with Gasteiger partial charge in [0.2, 0.25) is 0 Å². The topological polar surface area (TPSA) is 64.6 Å². The fourth-order valence-electron chi connectivity index (χ4n) is 3.45. The normalized spacial score (nSPS) is 16.4. The van der Waals surface area contributed by atoms with Crippen molar-refractivity contribution in [3.63, 3.8) is 0 Å². The molecule has 5 heteroatoms. The summed E-state index contributed by atoms with van der Waals surface area (Å²) in [5.74, 6) is -0.125. The van der Waals surface area contributed by atoms with Gasteiger partial charge in [0, 0.05) is 6.08 Å². The van der Waals surface area contributed by atoms with Crippen LogP contribution in [-0.2, 0) is 20.7 Å². The SMILES string of the molecule is C=CCOc1ccc(/C=C/C(=O)OC(C)C(=O)NC2CCCc3ccccc32)cc1. The summed E-state index contributed by atoms with van der Waals surface area (Å²) < 4.78 is 10.7. The Kier molecular flexibility index (Phi) is 7.44. The number of rotatable bonds is 8. The molecule has 0 fully saturated rings. The molecular weight excluding hydrogens is 378 g/mol. The van der Waals surface area contributed by atoms with Gasteiger partial charge in [-0.3, -0.25) is 4.79 Å². The maximum absolute atomic E-state index is 12.5. The fraction of sp³-hybridized carbons (Fsp3) is 0.280. The van der Waals surface area contributed by atoms with Gasteiger partial charge in [-0.05, 0) is 61.1 Å². The number of fused-ring (bicyclic) bond motifs is 1. The number of amides is 1. The van der Waals surface area contributed by atoms with Gasteiger partial charge in [0.25, 0.3) is 5.91 Å². The standard InChI is InChI=1S/C25H27NO4/c1-3-17-29-21-14-11-19(12-15-21)13-16-24(27)30-18(2)25(28)26-23-10-6-8-20-7-4-5-9-22(20)23/h3-5,7,9,11-16,18,23H,1,6,8,10,17H2,2H3,(H,26,28)/b16-13+. The van der Waals surface area contributed by atoms with Gasteiger partial charge in [0.05, 0.1) is 6.04 Å². The van der Waals surface area contributed by atoms with E-state index in [1.807, 2.05) is 42.5 Å². The summed E-state index contributed by atoms with van der Waals surface area (Å²) in [7, 11) is 0. The lowest BCUT2D eigenvalue weighted by atomic mass is 9.87. The van der Waals surface area contributed by atoms with E-state index in [-0.39, 0.29) is 11.9 Å². The smallest absolute Gasteiger partial charge is 0.331 e. The number of carbonyl (C=O) groups is 2. The molecule has 0 saturated carbocycles. The third-order valence-electron chi connectivity index (χ3n) is 5.01. The zero-order valence-electron chi connectivity index (χ0n) is 17.2. The van der Waals surface area contributed by atoms with E-state index in [1.165, 1.54) is 11.6 Å². The van der Waals surface area contributed by atoms with Crippen LogP contribution in [0.4, 0.5) is 0 Å². The predicted molar refractivity (Wildman–Crippen MR) is 117 cm³/mol. The van der Waals surface area contributed by atoms with Crippen LogP contribution in [-0.4, -0.2) is 24.6 Å². The Hall–Kier alpha value is -3.34. The van der Waals surface area contributed by atoms with Gasteiger partial charge in [-0.2, -0.15) is 0 Å². The predicted octanol–water partition coefficient (Wildman–Crippen LogP) is 4.39. The van der Waals surface area contributed by atoms with Crippen LogP contribution in [0, 0.1) is 0 Å². The fourth-order valence-corrected chi connectivity index (χ4v) is 3.45. The minimum Gasteiger partial charge on any atom is -0.490 e. The van der Waals surface area contributed by atoms with Crippen molar-refractivity contribution in [2.24, 2.45) is 0 Å². The van der Waals surface area contributed by atoms with E-state index in [0.717, 1.165) is 36.1 Å². The molecule has 5 nitrogen and oxygen atoms in total. The first-order chi connectivity index (χ1) is 14.6. The molecule has 0 saturated heterocycles. The molecule has 1 aliphatic carbocycles. The quantitative estimate of drug-likeness (QED) is 0.402. The Morgan fingerprint density at radius 3 is 2.73 bits per heavy atom. The molecule has 2 unspecified atom stereocenters. The van der Waals surface area contributed by atoms with Crippen LogP contribution in [0.25, 0.3) is 6.08 Å². The van der Waals surface area contributed by atoms with Crippen molar-refractivity contribution in [1.82, 2.24) is 5.32 Å². The van der Waals surface area contributed by atoms with E-state index in [4.69, 9.17) is 9.47 Å². The molecule has 2 aromatic carbocycles. The molecule has 2 aromatic rings. The molecule has 2 atom stereocenters. The van der Waals surface area contributed by atoms with Crippen LogP contribution < -0.4 is 10.1 Å². The van der Waals surface area contributed by atoms with Crippen LogP contribution in [0.15, 0.2) is 67.3 Å². The molecule has 1 N–H and O–H groups in total. The van der Waals surface area contributed by atoms with Crippen LogP contribution in [0.2, 0.25) is 0 Å². The molecule has 0 heterocycles. The molecule has 0 bridgehead atoms. The average Bonchev–Trinajstić information content (AvgIpc) is 2.77. The Morgan fingerprint density at radius 2 is 1.97 bits per heavy atom. The first-order valence-electron chi connectivity index (χ1n) is 10.2. The lowest BCUT2D eigenvalue weighted by molar-refractivity contribution is -0.150. The maximum atomic E-state index is 12.5. The number of hydrogen-bond donors (Lipinski definition) is 1. The van der Waals surface area contributed by atoms with Crippen molar-refractivity contribution in [3.05, 3.63) is 84.0 Å². The van der Waals surface area contributed by atoms with Gasteiger partial charge >= 0.3 is 5.97 Å². The van der Waals surface area contributed by atoms with Gasteiger partial charge < -0.3 is 14.8 Å². The summed E-state index contributed by atoms with van der Waals surface area (Å²) in [5.41, 5.74) is 3.24. The van der Waals surface area contributed by atoms with E-state index in [9.17, 15) is 9.59 Å². The highest BCUT2D eigenvalue weighted by Gasteiger charge is 2.24. The van der Waals surface area contributed by atoms with Crippen molar-refractivity contribution >= 4 is 18.0 Å². The van der Waals surface area contributed by atoms with Crippen molar-refractivity contribution in [2.45, 2.75) is 38.3 Å². The number of carbonyl (C=O) groups excluding carboxylic acids is 2. The van der Waals surface area contributed by atoms with Crippen LogP contribution in [0.5, 0.6) is 5.75 Å². The third-order valence-corrected chi connectivity index (χ3v) is 5.01. The molecular formula is C25H27NO4. The Bertz CT molecular complexity index is 917. The van der Waals surface area contributed by atoms with Crippen molar-refractivity contribution < 1.29 is 19.1 Å². The summed E-state index contributed by atoms with van der Waals surface area (Å²) in [6.07, 6.45) is 6.70. The zero-order valence-corrected chi connectivity index (χ0v) is 17.2. The van der Waals surface area contributed by atoms with Gasteiger partial charge in [0.15, 0.2) is 6.10 Å². The van der Waals surface area contributed by atoms with Gasteiger partial charge in [-0.1, -0.05) is 49.1 Å². The number of nitrogens with one attached hydrogen (secondary N) is 1. The van der Waals surface area contributed by atoms with E-state index < -0.39 is 12.1 Å². The second-order valence-electron chi connectivity index (χ2n) is 7.23. The van der Waals surface area contributed by atoms with Crippen LogP contribution >= 0.6 is 0 Å². The number of aryl methyl sites for hydroxylation is 1.